The first-order chi connectivity index (χ1) is 6.00. The van der Waals surface area contributed by atoms with Crippen LogP contribution in [0.2, 0.25) is 0 Å². The van der Waals surface area contributed by atoms with Gasteiger partial charge in [-0.25, -0.2) is 0 Å². The molecule has 0 bridgehead atoms. The molecule has 3 N–H and O–H groups in total. The van der Waals surface area contributed by atoms with Crippen LogP contribution in [-0.4, -0.2) is 43.0 Å². The molecule has 1 rings (SSSR count). The minimum Gasteiger partial charge on any atom is -0.382 e. The molecule has 0 radical (unpaired) electrons. The lowest BCUT2D eigenvalue weighted by Crippen LogP contribution is -2.43. The van der Waals surface area contributed by atoms with Gasteiger partial charge in [0.05, 0.1) is 13.1 Å². The zero-order chi connectivity index (χ0) is 9.90. The number of alkyl halides is 3. The van der Waals surface area contributed by atoms with E-state index in [-0.39, 0.29) is 0 Å². The van der Waals surface area contributed by atoms with E-state index in [0.717, 1.165) is 0 Å². The molecule has 76 valence electrons. The van der Waals surface area contributed by atoms with Crippen LogP contribution in [0.1, 0.15) is 0 Å². The Balaban J connectivity index is 2.25. The fourth-order valence-electron chi connectivity index (χ4n) is 0.825. The van der Waals surface area contributed by atoms with Crippen LogP contribution in [0.3, 0.4) is 0 Å². The minimum absolute atomic E-state index is 0.309. The number of aliphatic hydroxyl groups is 1. The van der Waals surface area contributed by atoms with E-state index in [1.54, 1.807) is 0 Å². The first-order valence-corrected chi connectivity index (χ1v) is 3.77. The second-order valence-corrected chi connectivity index (χ2v) is 2.60. The summed E-state index contributed by atoms with van der Waals surface area (Å²) in [6.07, 6.45) is -6.93. The number of hydrogen-bond donors (Lipinski definition) is 3. The highest BCUT2D eigenvalue weighted by Crippen LogP contribution is 2.19. The molecule has 1 atom stereocenters. The predicted molar refractivity (Wildman–Crippen MR) is 40.4 cm³/mol. The van der Waals surface area contributed by atoms with Crippen molar-refractivity contribution in [2.24, 2.45) is 4.99 Å². The van der Waals surface area contributed by atoms with Crippen molar-refractivity contribution in [2.45, 2.75) is 12.3 Å². The summed E-state index contributed by atoms with van der Waals surface area (Å²) in [7, 11) is 0. The number of hydrogen-bond acceptors (Lipinski definition) is 4. The van der Waals surface area contributed by atoms with Gasteiger partial charge in [-0.2, -0.15) is 13.2 Å². The molecule has 13 heavy (non-hydrogen) atoms. The third-order valence-corrected chi connectivity index (χ3v) is 1.51. The maximum Gasteiger partial charge on any atom is 0.416 e. The van der Waals surface area contributed by atoms with Crippen LogP contribution in [0.5, 0.6) is 0 Å². The smallest absolute Gasteiger partial charge is 0.382 e. The average Bonchev–Trinajstić information content (AvgIpc) is 2.50. The van der Waals surface area contributed by atoms with Gasteiger partial charge in [-0.05, 0) is 0 Å². The van der Waals surface area contributed by atoms with Gasteiger partial charge in [0.25, 0.3) is 0 Å². The standard InChI is InChI=1S/C6H10F3N3O/c7-6(8,9)4(13)3-12-5-10-1-2-11-5/h4,13H,1-3H2,(H2,10,11,12). The summed E-state index contributed by atoms with van der Waals surface area (Å²) in [5.41, 5.74) is 0. The van der Waals surface area contributed by atoms with Gasteiger partial charge in [-0.15, -0.1) is 0 Å². The number of aliphatic imine (C=N–C) groups is 1. The van der Waals surface area contributed by atoms with Gasteiger partial charge in [0, 0.05) is 6.54 Å². The molecule has 4 nitrogen and oxygen atoms in total. The predicted octanol–water partition coefficient (Wildman–Crippen LogP) is -0.542. The maximum atomic E-state index is 11.8. The van der Waals surface area contributed by atoms with Crippen molar-refractivity contribution < 1.29 is 18.3 Å². The molecule has 0 aliphatic carbocycles. The monoisotopic (exact) mass is 197 g/mol. The van der Waals surface area contributed by atoms with E-state index in [9.17, 15) is 13.2 Å². The van der Waals surface area contributed by atoms with Crippen LogP contribution in [0.4, 0.5) is 13.2 Å². The molecule has 0 aromatic heterocycles. The molecule has 0 amide bonds. The van der Waals surface area contributed by atoms with Gasteiger partial charge in [0.1, 0.15) is 0 Å². The van der Waals surface area contributed by atoms with Gasteiger partial charge >= 0.3 is 6.18 Å². The number of nitrogens with zero attached hydrogens (tertiary/aromatic N) is 1. The Morgan fingerprint density at radius 1 is 1.62 bits per heavy atom. The summed E-state index contributed by atoms with van der Waals surface area (Å²) in [4.78, 5) is 3.81. The molecule has 0 fully saturated rings. The quantitative estimate of drug-likeness (QED) is 0.557. The fourth-order valence-corrected chi connectivity index (χ4v) is 0.825. The Kier molecular flexibility index (Phi) is 2.97. The molecule has 0 aromatic rings. The van der Waals surface area contributed by atoms with Crippen molar-refractivity contribution in [1.29, 1.82) is 0 Å². The summed E-state index contributed by atoms with van der Waals surface area (Å²) in [5.74, 6) is 0.309. The molecule has 1 heterocycles. The lowest BCUT2D eigenvalue weighted by atomic mass is 10.3. The molecule has 0 saturated heterocycles. The molecule has 0 spiro atoms. The zero-order valence-electron chi connectivity index (χ0n) is 6.73. The Hall–Kier alpha value is -0.980. The maximum absolute atomic E-state index is 11.8. The van der Waals surface area contributed by atoms with Gasteiger partial charge in [-0.3, -0.25) is 4.99 Å². The highest BCUT2D eigenvalue weighted by molar-refractivity contribution is 5.81. The van der Waals surface area contributed by atoms with Crippen molar-refractivity contribution in [3.8, 4) is 0 Å². The summed E-state index contributed by atoms with van der Waals surface area (Å²) in [5, 5.41) is 13.7. The lowest BCUT2D eigenvalue weighted by molar-refractivity contribution is -0.201. The average molecular weight is 197 g/mol. The van der Waals surface area contributed by atoms with E-state index in [1.165, 1.54) is 0 Å². The summed E-state index contributed by atoms with van der Waals surface area (Å²) in [6, 6.07) is 0. The number of nitrogens with one attached hydrogen (secondary N) is 2. The van der Waals surface area contributed by atoms with Crippen molar-refractivity contribution in [3.63, 3.8) is 0 Å². The van der Waals surface area contributed by atoms with E-state index in [1.807, 2.05) is 0 Å². The molecule has 1 aliphatic rings. The van der Waals surface area contributed by atoms with Gasteiger partial charge < -0.3 is 15.7 Å². The number of aliphatic hydroxyl groups excluding tert-OH is 1. The van der Waals surface area contributed by atoms with Crippen LogP contribution < -0.4 is 10.6 Å². The van der Waals surface area contributed by atoms with E-state index in [0.29, 0.717) is 19.0 Å². The summed E-state index contributed by atoms with van der Waals surface area (Å²) >= 11 is 0. The van der Waals surface area contributed by atoms with E-state index < -0.39 is 18.8 Å². The Labute approximate surface area is 72.8 Å². The number of rotatable bonds is 2. The molecule has 1 unspecified atom stereocenters. The van der Waals surface area contributed by atoms with Crippen LogP contribution in [0, 0.1) is 0 Å². The molecule has 7 heteroatoms. The summed E-state index contributed by atoms with van der Waals surface area (Å²) < 4.78 is 35.3. The van der Waals surface area contributed by atoms with Crippen LogP contribution in [-0.2, 0) is 0 Å². The van der Waals surface area contributed by atoms with Crippen LogP contribution in [0.25, 0.3) is 0 Å². The van der Waals surface area contributed by atoms with Gasteiger partial charge in [0.15, 0.2) is 12.1 Å². The lowest BCUT2D eigenvalue weighted by Gasteiger charge is -2.15. The SMILES string of the molecule is OC(CNC1=NCCN1)C(F)(F)F. The van der Waals surface area contributed by atoms with E-state index >= 15 is 0 Å². The second-order valence-electron chi connectivity index (χ2n) is 2.60. The van der Waals surface area contributed by atoms with Gasteiger partial charge in [-0.1, -0.05) is 0 Å². The van der Waals surface area contributed by atoms with Crippen LogP contribution in [0.15, 0.2) is 4.99 Å². The normalized spacial score (nSPS) is 19.2. The first kappa shape index (κ1) is 10.1. The van der Waals surface area contributed by atoms with Crippen molar-refractivity contribution in [3.05, 3.63) is 0 Å². The van der Waals surface area contributed by atoms with Crippen molar-refractivity contribution in [2.75, 3.05) is 19.6 Å². The van der Waals surface area contributed by atoms with Crippen LogP contribution >= 0.6 is 0 Å². The summed E-state index contributed by atoms with van der Waals surface area (Å²) in [6.45, 7) is 0.588. The Morgan fingerprint density at radius 3 is 2.77 bits per heavy atom. The molecule has 0 saturated carbocycles. The first-order valence-electron chi connectivity index (χ1n) is 3.77. The Morgan fingerprint density at radius 2 is 2.31 bits per heavy atom. The van der Waals surface area contributed by atoms with E-state index in [2.05, 4.69) is 15.6 Å². The molecular formula is C6H10F3N3O. The third kappa shape index (κ3) is 3.10. The van der Waals surface area contributed by atoms with E-state index in [4.69, 9.17) is 5.11 Å². The minimum atomic E-state index is -4.58. The number of guanidine groups is 1. The molecular weight excluding hydrogens is 187 g/mol. The van der Waals surface area contributed by atoms with Crippen molar-refractivity contribution >= 4 is 5.96 Å². The molecule has 0 aromatic carbocycles. The Bertz CT molecular complexity index is 204. The highest BCUT2D eigenvalue weighted by atomic mass is 19.4. The fraction of sp³-hybridized carbons (Fsp3) is 0.833. The highest BCUT2D eigenvalue weighted by Gasteiger charge is 2.38. The topological polar surface area (TPSA) is 56.6 Å². The third-order valence-electron chi connectivity index (χ3n) is 1.51. The zero-order valence-corrected chi connectivity index (χ0v) is 6.73. The van der Waals surface area contributed by atoms with Gasteiger partial charge in [0.2, 0.25) is 0 Å². The number of halogens is 3. The largest absolute Gasteiger partial charge is 0.416 e. The van der Waals surface area contributed by atoms with Crippen molar-refractivity contribution in [1.82, 2.24) is 10.6 Å². The second kappa shape index (κ2) is 3.82. The molecule has 1 aliphatic heterocycles.